The zero-order chi connectivity index (χ0) is 16.2. The SMILES string of the molecule is C=CC(c1ccc(OC)c(OCC)c1)c1ccc2cc[nH]c2c1. The molecule has 23 heavy (non-hydrogen) atoms. The molecule has 1 N–H and O–H groups in total. The zero-order valence-electron chi connectivity index (χ0n) is 13.5. The molecule has 0 spiro atoms. The van der Waals surface area contributed by atoms with Gasteiger partial charge in [-0.05, 0) is 47.7 Å². The maximum absolute atomic E-state index is 5.69. The molecule has 3 heteroatoms. The molecule has 0 radical (unpaired) electrons. The second kappa shape index (κ2) is 6.61. The fourth-order valence-corrected chi connectivity index (χ4v) is 2.88. The Morgan fingerprint density at radius 3 is 2.61 bits per heavy atom. The summed E-state index contributed by atoms with van der Waals surface area (Å²) in [6.45, 7) is 6.59. The van der Waals surface area contributed by atoms with Crippen LogP contribution < -0.4 is 9.47 Å². The van der Waals surface area contributed by atoms with Gasteiger partial charge in [0.1, 0.15) is 0 Å². The lowest BCUT2D eigenvalue weighted by molar-refractivity contribution is 0.310. The van der Waals surface area contributed by atoms with Crippen molar-refractivity contribution in [3.8, 4) is 11.5 Å². The second-order valence-corrected chi connectivity index (χ2v) is 5.38. The van der Waals surface area contributed by atoms with E-state index in [1.165, 1.54) is 10.9 Å². The summed E-state index contributed by atoms with van der Waals surface area (Å²) in [4.78, 5) is 3.26. The summed E-state index contributed by atoms with van der Waals surface area (Å²) in [5, 5.41) is 1.21. The average Bonchev–Trinajstić information content (AvgIpc) is 3.04. The lowest BCUT2D eigenvalue weighted by Crippen LogP contribution is -2.01. The van der Waals surface area contributed by atoms with Crippen molar-refractivity contribution in [1.82, 2.24) is 4.98 Å². The van der Waals surface area contributed by atoms with E-state index in [0.29, 0.717) is 6.61 Å². The van der Waals surface area contributed by atoms with Crippen LogP contribution >= 0.6 is 0 Å². The highest BCUT2D eigenvalue weighted by atomic mass is 16.5. The first-order valence-corrected chi connectivity index (χ1v) is 7.77. The third-order valence-electron chi connectivity index (χ3n) is 4.02. The standard InChI is InChI=1S/C20H21NO2/c1-4-17(15-7-6-14-10-11-21-18(14)12-15)16-8-9-19(22-3)20(13-16)23-5-2/h4,6-13,17,21H,1,5H2,2-3H3. The van der Waals surface area contributed by atoms with Crippen LogP contribution in [0.25, 0.3) is 10.9 Å². The molecule has 0 aliphatic heterocycles. The Morgan fingerprint density at radius 2 is 1.87 bits per heavy atom. The van der Waals surface area contributed by atoms with Crippen LogP contribution in [0.3, 0.4) is 0 Å². The largest absolute Gasteiger partial charge is 0.493 e. The van der Waals surface area contributed by atoms with Crippen LogP contribution in [0.2, 0.25) is 0 Å². The number of methoxy groups -OCH3 is 1. The topological polar surface area (TPSA) is 34.2 Å². The van der Waals surface area contributed by atoms with Crippen molar-refractivity contribution < 1.29 is 9.47 Å². The van der Waals surface area contributed by atoms with Crippen LogP contribution in [0.5, 0.6) is 11.5 Å². The Kier molecular flexibility index (Phi) is 4.38. The Labute approximate surface area is 136 Å². The molecule has 1 heterocycles. The molecule has 0 saturated heterocycles. The second-order valence-electron chi connectivity index (χ2n) is 5.38. The molecule has 0 saturated carbocycles. The highest BCUT2D eigenvalue weighted by molar-refractivity contribution is 5.80. The van der Waals surface area contributed by atoms with Crippen LogP contribution in [0.1, 0.15) is 24.0 Å². The van der Waals surface area contributed by atoms with E-state index in [1.807, 2.05) is 31.3 Å². The van der Waals surface area contributed by atoms with Gasteiger partial charge in [0.15, 0.2) is 11.5 Å². The van der Waals surface area contributed by atoms with E-state index in [-0.39, 0.29) is 5.92 Å². The quantitative estimate of drug-likeness (QED) is 0.658. The predicted octanol–water partition coefficient (Wildman–Crippen LogP) is 4.89. The summed E-state index contributed by atoms with van der Waals surface area (Å²) in [6, 6.07) is 14.6. The maximum atomic E-state index is 5.69. The molecule has 1 unspecified atom stereocenters. The van der Waals surface area contributed by atoms with E-state index in [1.54, 1.807) is 7.11 Å². The van der Waals surface area contributed by atoms with E-state index in [2.05, 4.69) is 41.9 Å². The maximum Gasteiger partial charge on any atom is 0.161 e. The van der Waals surface area contributed by atoms with Gasteiger partial charge in [0.25, 0.3) is 0 Å². The third-order valence-corrected chi connectivity index (χ3v) is 4.02. The summed E-state index contributed by atoms with van der Waals surface area (Å²) in [5.74, 6) is 1.62. The van der Waals surface area contributed by atoms with Crippen molar-refractivity contribution >= 4 is 10.9 Å². The highest BCUT2D eigenvalue weighted by Gasteiger charge is 2.14. The van der Waals surface area contributed by atoms with Gasteiger partial charge in [-0.1, -0.05) is 24.3 Å². The molecule has 0 fully saturated rings. The van der Waals surface area contributed by atoms with Gasteiger partial charge in [-0.15, -0.1) is 6.58 Å². The summed E-state index contributed by atoms with van der Waals surface area (Å²) in [7, 11) is 1.65. The fraction of sp³-hybridized carbons (Fsp3) is 0.200. The molecule has 0 bridgehead atoms. The first-order valence-electron chi connectivity index (χ1n) is 7.77. The fourth-order valence-electron chi connectivity index (χ4n) is 2.88. The van der Waals surface area contributed by atoms with Crippen molar-refractivity contribution in [2.45, 2.75) is 12.8 Å². The molecule has 3 nitrogen and oxygen atoms in total. The summed E-state index contributed by atoms with van der Waals surface area (Å²) in [5.41, 5.74) is 3.46. The van der Waals surface area contributed by atoms with Crippen molar-refractivity contribution in [2.24, 2.45) is 0 Å². The third kappa shape index (κ3) is 2.95. The monoisotopic (exact) mass is 307 g/mol. The van der Waals surface area contributed by atoms with Gasteiger partial charge in [0.05, 0.1) is 13.7 Å². The molecule has 3 aromatic rings. The van der Waals surface area contributed by atoms with Gasteiger partial charge in [-0.3, -0.25) is 0 Å². The van der Waals surface area contributed by atoms with Crippen molar-refractivity contribution in [1.29, 1.82) is 0 Å². The Hall–Kier alpha value is -2.68. The molecular formula is C20H21NO2. The number of fused-ring (bicyclic) bond motifs is 1. The number of rotatable bonds is 6. The number of hydrogen-bond donors (Lipinski definition) is 1. The number of allylic oxidation sites excluding steroid dienone is 1. The van der Waals surface area contributed by atoms with Gasteiger partial charge in [-0.25, -0.2) is 0 Å². The number of benzene rings is 2. The van der Waals surface area contributed by atoms with Gasteiger partial charge < -0.3 is 14.5 Å². The lowest BCUT2D eigenvalue weighted by Gasteiger charge is -2.17. The minimum Gasteiger partial charge on any atom is -0.493 e. The Balaban J connectivity index is 2.02. The summed E-state index contributed by atoms with van der Waals surface area (Å²) < 4.78 is 11.1. The number of nitrogens with one attached hydrogen (secondary N) is 1. The van der Waals surface area contributed by atoms with Gasteiger partial charge in [0.2, 0.25) is 0 Å². The Morgan fingerprint density at radius 1 is 1.09 bits per heavy atom. The van der Waals surface area contributed by atoms with Crippen LogP contribution in [0.4, 0.5) is 0 Å². The minimum absolute atomic E-state index is 0.104. The van der Waals surface area contributed by atoms with Crippen LogP contribution in [-0.4, -0.2) is 18.7 Å². The van der Waals surface area contributed by atoms with E-state index in [9.17, 15) is 0 Å². The molecule has 1 aromatic heterocycles. The van der Waals surface area contributed by atoms with Crippen molar-refractivity contribution in [2.75, 3.05) is 13.7 Å². The molecular weight excluding hydrogens is 286 g/mol. The van der Waals surface area contributed by atoms with E-state index in [4.69, 9.17) is 9.47 Å². The molecule has 118 valence electrons. The number of H-pyrrole nitrogens is 1. The zero-order valence-corrected chi connectivity index (χ0v) is 13.5. The Bertz CT molecular complexity index is 819. The smallest absolute Gasteiger partial charge is 0.161 e. The number of aromatic nitrogens is 1. The van der Waals surface area contributed by atoms with Gasteiger partial charge >= 0.3 is 0 Å². The first-order chi connectivity index (χ1) is 11.3. The van der Waals surface area contributed by atoms with E-state index in [0.717, 1.165) is 22.6 Å². The number of aromatic amines is 1. The van der Waals surface area contributed by atoms with Crippen LogP contribution in [0, 0.1) is 0 Å². The van der Waals surface area contributed by atoms with Crippen molar-refractivity contribution in [3.05, 3.63) is 72.4 Å². The normalized spacial score (nSPS) is 12.1. The number of ether oxygens (including phenoxy) is 2. The van der Waals surface area contributed by atoms with E-state index < -0.39 is 0 Å². The summed E-state index contributed by atoms with van der Waals surface area (Å²) >= 11 is 0. The predicted molar refractivity (Wildman–Crippen MR) is 94.5 cm³/mol. The minimum atomic E-state index is 0.104. The molecule has 0 aliphatic carbocycles. The van der Waals surface area contributed by atoms with Crippen LogP contribution in [-0.2, 0) is 0 Å². The van der Waals surface area contributed by atoms with Crippen molar-refractivity contribution in [3.63, 3.8) is 0 Å². The van der Waals surface area contributed by atoms with Gasteiger partial charge in [0, 0.05) is 17.6 Å². The highest BCUT2D eigenvalue weighted by Crippen LogP contribution is 2.34. The van der Waals surface area contributed by atoms with E-state index >= 15 is 0 Å². The molecule has 0 aliphatic rings. The number of hydrogen-bond acceptors (Lipinski definition) is 2. The first kappa shape index (κ1) is 15.2. The average molecular weight is 307 g/mol. The summed E-state index contributed by atoms with van der Waals surface area (Å²) in [6.07, 6.45) is 3.92. The molecule has 2 aromatic carbocycles. The molecule has 1 atom stereocenters. The molecule has 3 rings (SSSR count). The lowest BCUT2D eigenvalue weighted by atomic mass is 9.90. The van der Waals surface area contributed by atoms with Crippen LogP contribution in [0.15, 0.2) is 61.3 Å². The van der Waals surface area contributed by atoms with Gasteiger partial charge in [-0.2, -0.15) is 0 Å². The molecule has 0 amide bonds.